The first-order chi connectivity index (χ1) is 26.4. The van der Waals surface area contributed by atoms with Gasteiger partial charge in [0.15, 0.2) is 23.0 Å². The van der Waals surface area contributed by atoms with Crippen LogP contribution >= 0.6 is 0 Å². The van der Waals surface area contributed by atoms with Crippen LogP contribution in [0.4, 0.5) is 5.95 Å². The van der Waals surface area contributed by atoms with E-state index in [9.17, 15) is 4.79 Å². The second kappa shape index (κ2) is 16.3. The number of anilines is 1. The molecule has 12 heteroatoms. The van der Waals surface area contributed by atoms with Crippen molar-refractivity contribution >= 4 is 22.9 Å². The summed E-state index contributed by atoms with van der Waals surface area (Å²) in [4.78, 5) is 28.2. The first-order valence-corrected chi connectivity index (χ1v) is 18.5. The molecule has 0 saturated carbocycles. The number of methoxy groups -OCH3 is 5. The number of amides is 1. The van der Waals surface area contributed by atoms with Crippen molar-refractivity contribution in [2.24, 2.45) is 0 Å². The van der Waals surface area contributed by atoms with Gasteiger partial charge in [-0.05, 0) is 86.3 Å². The Balaban J connectivity index is 1.06. The molecule has 1 N–H and O–H groups in total. The summed E-state index contributed by atoms with van der Waals surface area (Å²) in [7, 11) is 7.98. The molecule has 2 aliphatic heterocycles. The highest BCUT2D eigenvalue weighted by atomic mass is 16.5. The van der Waals surface area contributed by atoms with Crippen LogP contribution < -0.4 is 29.0 Å². The molecule has 0 bridgehead atoms. The number of ether oxygens (including phenoxy) is 5. The average Bonchev–Trinajstić information content (AvgIpc) is 3.82. The molecule has 1 unspecified atom stereocenters. The number of benzene rings is 3. The van der Waals surface area contributed by atoms with Gasteiger partial charge in [0, 0.05) is 49.4 Å². The third-order valence-electron chi connectivity index (χ3n) is 11.1. The smallest absolute Gasteiger partial charge is 0.254 e. The highest BCUT2D eigenvalue weighted by Crippen LogP contribution is 2.43. The molecule has 5 aromatic rings. The molecule has 7 rings (SSSR count). The number of carbonyl (C=O) groups is 1. The number of fused-ring (bicyclic) bond motifs is 1. The molecule has 12 nitrogen and oxygen atoms in total. The van der Waals surface area contributed by atoms with Gasteiger partial charge in [0.1, 0.15) is 0 Å². The molecule has 1 amide bonds. The molecule has 2 fully saturated rings. The van der Waals surface area contributed by atoms with Crippen LogP contribution in [0.5, 0.6) is 28.7 Å². The normalized spacial score (nSPS) is 17.8. The Morgan fingerprint density at radius 1 is 0.815 bits per heavy atom. The van der Waals surface area contributed by atoms with Crippen LogP contribution in [0.3, 0.4) is 0 Å². The van der Waals surface area contributed by atoms with Gasteiger partial charge in [0.25, 0.3) is 5.91 Å². The topological polar surface area (TPSA) is 112 Å². The van der Waals surface area contributed by atoms with Crippen molar-refractivity contribution in [3.63, 3.8) is 0 Å². The number of para-hydroxylation sites is 2. The van der Waals surface area contributed by atoms with E-state index in [4.69, 9.17) is 28.7 Å². The van der Waals surface area contributed by atoms with Crippen LogP contribution in [0.25, 0.3) is 11.0 Å². The van der Waals surface area contributed by atoms with Crippen molar-refractivity contribution in [3.8, 4) is 28.7 Å². The van der Waals surface area contributed by atoms with Crippen LogP contribution in [0.2, 0.25) is 0 Å². The molecular weight excluding hydrogens is 684 g/mol. The minimum absolute atomic E-state index is 0.0717. The highest BCUT2D eigenvalue weighted by Gasteiger charge is 2.42. The van der Waals surface area contributed by atoms with E-state index in [0.29, 0.717) is 60.0 Å². The molecule has 284 valence electrons. The largest absolute Gasteiger partial charge is 0.493 e. The zero-order valence-corrected chi connectivity index (χ0v) is 31.8. The number of imidazole rings is 1. The predicted octanol–water partition coefficient (Wildman–Crippen LogP) is 6.27. The second-order valence-corrected chi connectivity index (χ2v) is 14.1. The van der Waals surface area contributed by atoms with Gasteiger partial charge in [-0.15, -0.1) is 0 Å². The maximum atomic E-state index is 14.1. The van der Waals surface area contributed by atoms with E-state index >= 15 is 0 Å². The number of nitrogens with zero attached hydrogens (tertiary/aromatic N) is 5. The lowest BCUT2D eigenvalue weighted by atomic mass is 9.76. The van der Waals surface area contributed by atoms with E-state index in [1.807, 2.05) is 35.4 Å². The van der Waals surface area contributed by atoms with Gasteiger partial charge in [-0.2, -0.15) is 0 Å². The standard InChI is InChI=1S/C42H50N6O6/c1-50-35-14-13-30(26-36(35)51-2)42(18-23-47(28-42)40(49)29-24-37(52-3)39(54-5)38(25-29)53-4)17-22-46-20-15-31(16-21-46)44-41-45-33-11-6-7-12-34(33)48(41)27-32-10-8-9-19-43-32/h6-14,19,24-26,31H,15-18,20-23,27-28H2,1-5H3,(H,44,45). The van der Waals surface area contributed by atoms with Crippen molar-refractivity contribution in [1.82, 2.24) is 24.3 Å². The van der Waals surface area contributed by atoms with E-state index < -0.39 is 0 Å². The molecule has 0 aliphatic carbocycles. The monoisotopic (exact) mass is 734 g/mol. The minimum Gasteiger partial charge on any atom is -0.493 e. The molecule has 2 aliphatic rings. The second-order valence-electron chi connectivity index (χ2n) is 14.1. The van der Waals surface area contributed by atoms with Crippen molar-refractivity contribution in [1.29, 1.82) is 0 Å². The Morgan fingerprint density at radius 2 is 1.54 bits per heavy atom. The number of hydrogen-bond acceptors (Lipinski definition) is 10. The van der Waals surface area contributed by atoms with Gasteiger partial charge in [-0.1, -0.05) is 24.3 Å². The van der Waals surface area contributed by atoms with E-state index in [1.165, 1.54) is 0 Å². The zero-order valence-electron chi connectivity index (χ0n) is 31.8. The first kappa shape index (κ1) is 36.9. The number of carbonyl (C=O) groups excluding carboxylic acids is 1. The predicted molar refractivity (Wildman–Crippen MR) is 209 cm³/mol. The summed E-state index contributed by atoms with van der Waals surface area (Å²) in [5.41, 5.74) is 4.43. The van der Waals surface area contributed by atoms with Gasteiger partial charge < -0.3 is 43.4 Å². The first-order valence-electron chi connectivity index (χ1n) is 18.5. The van der Waals surface area contributed by atoms with E-state index in [1.54, 1.807) is 47.7 Å². The van der Waals surface area contributed by atoms with Crippen LogP contribution in [-0.2, 0) is 12.0 Å². The molecule has 1 atom stereocenters. The Kier molecular flexibility index (Phi) is 11.1. The molecular formula is C42H50N6O6. The minimum atomic E-state index is -0.277. The van der Waals surface area contributed by atoms with Crippen molar-refractivity contribution in [2.45, 2.75) is 43.7 Å². The SMILES string of the molecule is COc1ccc(C2(CCN3CCC(Nc4nc5ccccc5n4Cc4ccccn4)CC3)CCN(C(=O)c3cc(OC)c(OC)c(OC)c3)C2)cc1OC. The summed E-state index contributed by atoms with van der Waals surface area (Å²) in [6.07, 6.45) is 5.55. The van der Waals surface area contributed by atoms with E-state index in [-0.39, 0.29) is 11.3 Å². The summed E-state index contributed by atoms with van der Waals surface area (Å²) in [6.45, 7) is 4.69. The lowest BCUT2D eigenvalue weighted by molar-refractivity contribution is 0.0779. The lowest BCUT2D eigenvalue weighted by Gasteiger charge is -2.36. The number of pyridine rings is 1. The van der Waals surface area contributed by atoms with Gasteiger partial charge in [-0.3, -0.25) is 9.78 Å². The summed E-state index contributed by atoms with van der Waals surface area (Å²) in [6, 6.07) is 24.2. The van der Waals surface area contributed by atoms with Crippen molar-refractivity contribution < 1.29 is 28.5 Å². The summed E-state index contributed by atoms with van der Waals surface area (Å²) >= 11 is 0. The van der Waals surface area contributed by atoms with Crippen LogP contribution in [-0.4, -0.2) is 105 Å². The zero-order chi connectivity index (χ0) is 37.7. The number of rotatable bonds is 14. The number of likely N-dealkylation sites (tertiary alicyclic amines) is 2. The number of piperidine rings is 1. The number of aromatic nitrogens is 3. The van der Waals surface area contributed by atoms with E-state index in [2.05, 4.69) is 56.2 Å². The van der Waals surface area contributed by atoms with Gasteiger partial charge in [-0.25, -0.2) is 4.98 Å². The fourth-order valence-electron chi connectivity index (χ4n) is 8.04. The van der Waals surface area contributed by atoms with Gasteiger partial charge in [0.2, 0.25) is 11.7 Å². The van der Waals surface area contributed by atoms with Crippen LogP contribution in [0, 0.1) is 0 Å². The molecule has 3 aromatic carbocycles. The average molecular weight is 735 g/mol. The molecule has 2 aromatic heterocycles. The van der Waals surface area contributed by atoms with Crippen molar-refractivity contribution in [2.75, 3.05) is 73.6 Å². The lowest BCUT2D eigenvalue weighted by Crippen LogP contribution is -2.42. The molecule has 0 radical (unpaired) electrons. The number of hydrogen-bond donors (Lipinski definition) is 1. The Hall–Kier alpha value is -5.49. The maximum Gasteiger partial charge on any atom is 0.254 e. The maximum absolute atomic E-state index is 14.1. The van der Waals surface area contributed by atoms with Crippen molar-refractivity contribution in [3.05, 3.63) is 95.8 Å². The molecule has 54 heavy (non-hydrogen) atoms. The van der Waals surface area contributed by atoms with Crippen LogP contribution in [0.1, 0.15) is 47.3 Å². The molecule has 0 spiro atoms. The summed E-state index contributed by atoms with van der Waals surface area (Å²) in [5, 5.41) is 3.79. The quantitative estimate of drug-likeness (QED) is 0.140. The summed E-state index contributed by atoms with van der Waals surface area (Å²) < 4.78 is 30.2. The fraction of sp³-hybridized carbons (Fsp3) is 0.405. The third-order valence-corrected chi connectivity index (χ3v) is 11.1. The fourth-order valence-corrected chi connectivity index (χ4v) is 8.04. The third kappa shape index (κ3) is 7.48. The van der Waals surface area contributed by atoms with Gasteiger partial charge in [0.05, 0.1) is 58.8 Å². The van der Waals surface area contributed by atoms with Gasteiger partial charge >= 0.3 is 0 Å². The number of nitrogens with one attached hydrogen (secondary N) is 1. The Labute approximate surface area is 316 Å². The highest BCUT2D eigenvalue weighted by molar-refractivity contribution is 5.96. The molecule has 2 saturated heterocycles. The summed E-state index contributed by atoms with van der Waals surface area (Å²) in [5.74, 6) is 3.54. The Bertz CT molecular complexity index is 2040. The van der Waals surface area contributed by atoms with E-state index in [0.717, 1.165) is 73.6 Å². The Morgan fingerprint density at radius 3 is 2.22 bits per heavy atom. The van der Waals surface area contributed by atoms with Crippen LogP contribution in [0.15, 0.2) is 79.0 Å². The molecule has 4 heterocycles.